The van der Waals surface area contributed by atoms with Crippen LogP contribution in [-0.4, -0.2) is 11.2 Å². The van der Waals surface area contributed by atoms with Gasteiger partial charge in [-0.25, -0.2) is 0 Å². The van der Waals surface area contributed by atoms with Gasteiger partial charge in [-0.3, -0.25) is 0 Å². The lowest BCUT2D eigenvalue weighted by Crippen LogP contribution is -2.16. The summed E-state index contributed by atoms with van der Waals surface area (Å²) in [5.41, 5.74) is 8.99. The van der Waals surface area contributed by atoms with Gasteiger partial charge in [-0.2, -0.15) is 0 Å². The molecule has 0 fully saturated rings. The topological polar surface area (TPSA) is 38.0 Å². The van der Waals surface area contributed by atoms with Gasteiger partial charge in [0, 0.05) is 26.7 Å². The normalized spacial score (nSPS) is 12.0. The van der Waals surface area contributed by atoms with E-state index in [-0.39, 0.29) is 6.04 Å². The summed E-state index contributed by atoms with van der Waals surface area (Å²) in [6, 6.07) is 14.5. The van der Waals surface area contributed by atoms with E-state index in [4.69, 9.17) is 18.0 Å². The molecule has 1 atom stereocenters. The Balaban J connectivity index is 2.33. The summed E-state index contributed by atoms with van der Waals surface area (Å²) in [6.07, 6.45) is 2.03. The molecule has 0 aliphatic carbocycles. The number of nitrogens with two attached hydrogens (primary N) is 1. The van der Waals surface area contributed by atoms with E-state index in [1.807, 2.05) is 36.6 Å². The number of nitrogens with one attached hydrogen (secondary N) is 1. The maximum atomic E-state index is 5.90. The predicted molar refractivity (Wildman–Crippen MR) is 100 cm³/mol. The maximum Gasteiger partial charge on any atom is 0.107 e. The number of anilines is 1. The molecule has 2 aromatic rings. The molecule has 0 radical (unpaired) electrons. The predicted octanol–water partition coefficient (Wildman–Crippen LogP) is 4.98. The van der Waals surface area contributed by atoms with Crippen molar-refractivity contribution in [1.29, 1.82) is 0 Å². The first-order chi connectivity index (χ1) is 10.0. The summed E-state index contributed by atoms with van der Waals surface area (Å²) >= 11 is 10.4. The first-order valence-electron chi connectivity index (χ1n) is 6.51. The number of thioether (sulfide) groups is 1. The van der Waals surface area contributed by atoms with Gasteiger partial charge in [0.2, 0.25) is 0 Å². The first kappa shape index (κ1) is 16.3. The fraction of sp³-hybridized carbons (Fsp3) is 0.188. The van der Waals surface area contributed by atoms with Gasteiger partial charge in [0.1, 0.15) is 4.99 Å². The van der Waals surface area contributed by atoms with Gasteiger partial charge in [0.15, 0.2) is 0 Å². The molecular weight excluding hydrogens is 364 g/mol. The Labute approximate surface area is 143 Å². The van der Waals surface area contributed by atoms with Crippen LogP contribution in [0.4, 0.5) is 5.69 Å². The highest BCUT2D eigenvalue weighted by Gasteiger charge is 2.13. The van der Waals surface area contributed by atoms with Crippen LogP contribution in [0, 0.1) is 0 Å². The third-order valence-electron chi connectivity index (χ3n) is 3.21. The van der Waals surface area contributed by atoms with Crippen molar-refractivity contribution in [3.05, 3.63) is 58.1 Å². The number of benzene rings is 2. The third kappa shape index (κ3) is 3.99. The number of rotatable bonds is 5. The third-order valence-corrected chi connectivity index (χ3v) is 4.69. The highest BCUT2D eigenvalue weighted by molar-refractivity contribution is 9.10. The van der Waals surface area contributed by atoms with E-state index in [0.29, 0.717) is 4.99 Å². The standard InChI is InChI=1S/C16H17BrN2S2/c1-10(11-5-3-6-12(17)9-11)19-13-7-4-8-14(21-2)15(13)16(18)20/h3-10,19H,1-2H3,(H2,18,20). The Bertz CT molecular complexity index is 658. The quantitative estimate of drug-likeness (QED) is 0.566. The van der Waals surface area contributed by atoms with Crippen molar-refractivity contribution in [3.8, 4) is 0 Å². The van der Waals surface area contributed by atoms with E-state index < -0.39 is 0 Å². The molecule has 0 heterocycles. The number of hydrogen-bond acceptors (Lipinski definition) is 3. The summed E-state index contributed by atoms with van der Waals surface area (Å²) in [4.78, 5) is 1.51. The van der Waals surface area contributed by atoms with Crippen molar-refractivity contribution in [3.63, 3.8) is 0 Å². The van der Waals surface area contributed by atoms with Crippen molar-refractivity contribution in [2.75, 3.05) is 11.6 Å². The lowest BCUT2D eigenvalue weighted by atomic mass is 10.1. The monoisotopic (exact) mass is 380 g/mol. The van der Waals surface area contributed by atoms with Gasteiger partial charge in [-0.1, -0.05) is 46.3 Å². The Morgan fingerprint density at radius 3 is 2.62 bits per heavy atom. The molecule has 21 heavy (non-hydrogen) atoms. The minimum Gasteiger partial charge on any atom is -0.389 e. The van der Waals surface area contributed by atoms with E-state index >= 15 is 0 Å². The van der Waals surface area contributed by atoms with E-state index in [0.717, 1.165) is 20.6 Å². The lowest BCUT2D eigenvalue weighted by Gasteiger charge is -2.20. The average molecular weight is 381 g/mol. The smallest absolute Gasteiger partial charge is 0.107 e. The van der Waals surface area contributed by atoms with Crippen molar-refractivity contribution in [2.45, 2.75) is 17.9 Å². The van der Waals surface area contributed by atoms with Crippen molar-refractivity contribution in [1.82, 2.24) is 0 Å². The summed E-state index contributed by atoms with van der Waals surface area (Å²) in [6.45, 7) is 2.12. The molecule has 2 nitrogen and oxygen atoms in total. The van der Waals surface area contributed by atoms with E-state index in [2.05, 4.69) is 40.3 Å². The summed E-state index contributed by atoms with van der Waals surface area (Å²) in [5, 5.41) is 3.51. The summed E-state index contributed by atoms with van der Waals surface area (Å²) in [7, 11) is 0. The Hall–Kier alpha value is -1.04. The Morgan fingerprint density at radius 2 is 2.00 bits per heavy atom. The minimum absolute atomic E-state index is 0.160. The van der Waals surface area contributed by atoms with Gasteiger partial charge < -0.3 is 11.1 Å². The molecule has 0 aliphatic rings. The molecule has 0 spiro atoms. The zero-order valence-electron chi connectivity index (χ0n) is 11.9. The second-order valence-corrected chi connectivity index (χ2v) is 6.87. The number of halogens is 1. The van der Waals surface area contributed by atoms with Gasteiger partial charge in [-0.05, 0) is 43.0 Å². The van der Waals surface area contributed by atoms with Gasteiger partial charge in [0.05, 0.1) is 0 Å². The van der Waals surface area contributed by atoms with Crippen LogP contribution >= 0.6 is 39.9 Å². The summed E-state index contributed by atoms with van der Waals surface area (Å²) < 4.78 is 1.07. The molecule has 0 amide bonds. The van der Waals surface area contributed by atoms with Crippen molar-refractivity contribution >= 4 is 50.6 Å². The zero-order valence-corrected chi connectivity index (χ0v) is 15.1. The highest BCUT2D eigenvalue weighted by Crippen LogP contribution is 2.30. The van der Waals surface area contributed by atoms with E-state index in [1.165, 1.54) is 5.56 Å². The molecule has 5 heteroatoms. The van der Waals surface area contributed by atoms with Crippen LogP contribution in [0.2, 0.25) is 0 Å². The van der Waals surface area contributed by atoms with Crippen LogP contribution in [0.3, 0.4) is 0 Å². The fourth-order valence-electron chi connectivity index (χ4n) is 2.17. The highest BCUT2D eigenvalue weighted by atomic mass is 79.9. The molecule has 0 saturated carbocycles. The van der Waals surface area contributed by atoms with E-state index in [9.17, 15) is 0 Å². The SMILES string of the molecule is CSc1cccc(NC(C)c2cccc(Br)c2)c1C(N)=S. The van der Waals surface area contributed by atoms with Crippen LogP contribution in [0.15, 0.2) is 51.8 Å². The van der Waals surface area contributed by atoms with Gasteiger partial charge >= 0.3 is 0 Å². The number of hydrogen-bond donors (Lipinski definition) is 2. The number of thiocarbonyl (C=S) groups is 1. The second-order valence-electron chi connectivity index (χ2n) is 4.67. The van der Waals surface area contributed by atoms with Crippen LogP contribution < -0.4 is 11.1 Å². The Morgan fingerprint density at radius 1 is 1.29 bits per heavy atom. The van der Waals surface area contributed by atoms with Crippen LogP contribution in [0.1, 0.15) is 24.1 Å². The first-order valence-corrected chi connectivity index (χ1v) is 8.94. The molecule has 2 rings (SSSR count). The molecule has 0 aliphatic heterocycles. The largest absolute Gasteiger partial charge is 0.389 e. The average Bonchev–Trinajstić information content (AvgIpc) is 2.46. The molecule has 0 aromatic heterocycles. The second kappa shape index (κ2) is 7.29. The molecule has 110 valence electrons. The molecule has 0 bridgehead atoms. The molecule has 1 unspecified atom stereocenters. The Kier molecular flexibility index (Phi) is 5.67. The molecule has 0 saturated heterocycles. The summed E-state index contributed by atoms with van der Waals surface area (Å²) in [5.74, 6) is 0. The maximum absolute atomic E-state index is 5.90. The van der Waals surface area contributed by atoms with Gasteiger partial charge in [-0.15, -0.1) is 11.8 Å². The van der Waals surface area contributed by atoms with Crippen LogP contribution in [0.5, 0.6) is 0 Å². The molecule has 2 aromatic carbocycles. The molecule has 3 N–H and O–H groups in total. The minimum atomic E-state index is 0.160. The van der Waals surface area contributed by atoms with Crippen molar-refractivity contribution < 1.29 is 0 Å². The zero-order chi connectivity index (χ0) is 15.4. The van der Waals surface area contributed by atoms with Crippen LogP contribution in [0.25, 0.3) is 0 Å². The van der Waals surface area contributed by atoms with E-state index in [1.54, 1.807) is 11.8 Å². The van der Waals surface area contributed by atoms with Crippen LogP contribution in [-0.2, 0) is 0 Å². The van der Waals surface area contributed by atoms with Gasteiger partial charge in [0.25, 0.3) is 0 Å². The molecular formula is C16H17BrN2S2. The van der Waals surface area contributed by atoms with Crippen molar-refractivity contribution in [2.24, 2.45) is 5.73 Å². The fourth-order valence-corrected chi connectivity index (χ4v) is 3.51. The lowest BCUT2D eigenvalue weighted by molar-refractivity contribution is 0.882.